The van der Waals surface area contributed by atoms with Crippen LogP contribution in [0.2, 0.25) is 0 Å². The van der Waals surface area contributed by atoms with Crippen LogP contribution in [0.4, 0.5) is 0 Å². The van der Waals surface area contributed by atoms with Crippen molar-refractivity contribution in [1.29, 1.82) is 5.26 Å². The summed E-state index contributed by atoms with van der Waals surface area (Å²) in [6, 6.07) is 2.33. The molecule has 0 radical (unpaired) electrons. The summed E-state index contributed by atoms with van der Waals surface area (Å²) in [4.78, 5) is 14.6. The summed E-state index contributed by atoms with van der Waals surface area (Å²) in [5.41, 5.74) is 0.929. The third-order valence-corrected chi connectivity index (χ3v) is 13.3. The number of nitriles is 1. The summed E-state index contributed by atoms with van der Waals surface area (Å²) < 4.78 is 2.00. The van der Waals surface area contributed by atoms with E-state index >= 15 is 0 Å². The molecule has 6 heteroatoms. The smallest absolute Gasteiger partial charge is 0.159 e. The van der Waals surface area contributed by atoms with E-state index in [0.717, 1.165) is 45.1 Å². The van der Waals surface area contributed by atoms with Crippen LogP contribution < -0.4 is 0 Å². The van der Waals surface area contributed by atoms with Crippen LogP contribution in [0.25, 0.3) is 0 Å². The normalized spacial score (nSPS) is 44.3. The molecule has 39 heavy (non-hydrogen) atoms. The molecule has 0 saturated heterocycles. The maximum atomic E-state index is 14.6. The van der Waals surface area contributed by atoms with E-state index in [0.29, 0.717) is 23.7 Å². The Kier molecular flexibility index (Phi) is 5.55. The van der Waals surface area contributed by atoms with Crippen LogP contribution in [-0.4, -0.2) is 25.9 Å². The molecule has 5 aliphatic carbocycles. The fourth-order valence-electron chi connectivity index (χ4n) is 10.9. The molecule has 0 spiro atoms. The monoisotopic (exact) mass is 530 g/mol. The third-order valence-electron chi connectivity index (χ3n) is 13.3. The molecule has 0 bridgehead atoms. The van der Waals surface area contributed by atoms with E-state index in [4.69, 9.17) is 0 Å². The number of hydrogen-bond donors (Lipinski definition) is 1. The molecule has 3 fully saturated rings. The van der Waals surface area contributed by atoms with Crippen molar-refractivity contribution in [3.63, 3.8) is 0 Å². The Hall–Kier alpha value is -2.42. The molecule has 210 valence electrons. The van der Waals surface area contributed by atoms with Crippen molar-refractivity contribution in [2.45, 2.75) is 106 Å². The number of ketones is 1. The molecule has 0 aromatic carbocycles. The van der Waals surface area contributed by atoms with Crippen LogP contribution in [-0.2, 0) is 11.3 Å². The first-order chi connectivity index (χ1) is 18.1. The van der Waals surface area contributed by atoms with Crippen LogP contribution in [0.15, 0.2) is 35.4 Å². The lowest BCUT2D eigenvalue weighted by molar-refractivity contribution is -0.175. The zero-order valence-electron chi connectivity index (χ0n) is 25.0. The molecule has 7 atom stereocenters. The predicted octanol–water partition coefficient (Wildman–Crippen LogP) is 7.20. The number of rotatable bonds is 2. The van der Waals surface area contributed by atoms with Gasteiger partial charge in [-0.2, -0.15) is 5.26 Å². The number of aliphatic hydroxyl groups is 1. The number of hydrogen-bond acceptors (Lipinski definition) is 5. The van der Waals surface area contributed by atoms with E-state index in [1.807, 2.05) is 10.9 Å². The second-order valence-electron chi connectivity index (χ2n) is 16.0. The minimum Gasteiger partial charge on any atom is -0.511 e. The van der Waals surface area contributed by atoms with Gasteiger partial charge in [0.25, 0.3) is 0 Å². The van der Waals surface area contributed by atoms with Gasteiger partial charge in [0.15, 0.2) is 5.78 Å². The van der Waals surface area contributed by atoms with Gasteiger partial charge in [-0.3, -0.25) is 9.48 Å². The number of nitrogens with zero attached hydrogens (tertiary/aromatic N) is 4. The summed E-state index contributed by atoms with van der Waals surface area (Å²) in [5.74, 6) is 1.03. The molecule has 0 amide bonds. The molecule has 1 aromatic heterocycles. The van der Waals surface area contributed by atoms with E-state index in [-0.39, 0.29) is 44.7 Å². The van der Waals surface area contributed by atoms with Crippen molar-refractivity contribution in [2.75, 3.05) is 0 Å². The lowest BCUT2D eigenvalue weighted by Crippen LogP contribution is -2.65. The van der Waals surface area contributed by atoms with Gasteiger partial charge in [0.1, 0.15) is 5.76 Å². The van der Waals surface area contributed by atoms with Crippen LogP contribution >= 0.6 is 0 Å². The first kappa shape index (κ1) is 26.8. The van der Waals surface area contributed by atoms with Gasteiger partial charge in [-0.1, -0.05) is 59.3 Å². The second kappa shape index (κ2) is 8.08. The van der Waals surface area contributed by atoms with Crippen LogP contribution in [0, 0.1) is 61.6 Å². The molecule has 6 nitrogen and oxygen atoms in total. The van der Waals surface area contributed by atoms with E-state index < -0.39 is 5.41 Å². The molecular weight excluding hydrogens is 484 g/mol. The number of aliphatic hydroxyl groups excluding tert-OH is 1. The molecule has 0 aliphatic heterocycles. The molecule has 3 saturated carbocycles. The minimum atomic E-state index is -0.492. The van der Waals surface area contributed by atoms with Crippen LogP contribution in [0.5, 0.6) is 0 Å². The Morgan fingerprint density at radius 1 is 1.08 bits per heavy atom. The van der Waals surface area contributed by atoms with Gasteiger partial charge in [-0.15, -0.1) is 5.10 Å². The maximum absolute atomic E-state index is 14.6. The SMILES string of the molecule is CC1(C)CC[C@]2(Cn3ccnn3)CC[C@]3(C)[C@H](C(=O)C=C4[C@@]5(C)CC(C#N)=C(O)C(C)(C)[C@@H]5CC[C@]43C)[C@@H]2C1. The first-order valence-corrected chi connectivity index (χ1v) is 15.1. The summed E-state index contributed by atoms with van der Waals surface area (Å²) in [7, 11) is 0. The maximum Gasteiger partial charge on any atom is 0.159 e. The number of carbonyl (C=O) groups excluding carboxylic acids is 1. The average molecular weight is 531 g/mol. The minimum absolute atomic E-state index is 0.0146. The zero-order chi connectivity index (χ0) is 28.2. The zero-order valence-corrected chi connectivity index (χ0v) is 25.0. The third kappa shape index (κ3) is 3.40. The number of fused-ring (bicyclic) bond motifs is 7. The largest absolute Gasteiger partial charge is 0.511 e. The number of aromatic nitrogens is 3. The highest BCUT2D eigenvalue weighted by Crippen LogP contribution is 2.75. The average Bonchev–Trinajstić information content (AvgIpc) is 3.36. The molecule has 1 aromatic rings. The van der Waals surface area contributed by atoms with Gasteiger partial charge in [0, 0.05) is 24.1 Å². The van der Waals surface area contributed by atoms with Crippen molar-refractivity contribution in [1.82, 2.24) is 15.0 Å². The summed E-state index contributed by atoms with van der Waals surface area (Å²) in [5, 5.41) is 29.5. The Bertz CT molecular complexity index is 1320. The summed E-state index contributed by atoms with van der Waals surface area (Å²) in [6.45, 7) is 16.9. The van der Waals surface area contributed by atoms with Crippen molar-refractivity contribution in [2.24, 2.45) is 50.2 Å². The Balaban J connectivity index is 1.49. The lowest BCUT2D eigenvalue weighted by Gasteiger charge is -2.69. The molecule has 5 aliphatic rings. The van der Waals surface area contributed by atoms with E-state index in [2.05, 4.69) is 70.9 Å². The Labute approximate surface area is 233 Å². The van der Waals surface area contributed by atoms with Gasteiger partial charge < -0.3 is 5.11 Å². The highest BCUT2D eigenvalue weighted by Gasteiger charge is 2.69. The van der Waals surface area contributed by atoms with E-state index in [1.165, 1.54) is 12.0 Å². The van der Waals surface area contributed by atoms with Gasteiger partial charge in [0.2, 0.25) is 0 Å². The molecular formula is C33H46N4O2. The van der Waals surface area contributed by atoms with Crippen LogP contribution in [0.1, 0.15) is 99.8 Å². The lowest BCUT2D eigenvalue weighted by atomic mass is 9.34. The summed E-state index contributed by atoms with van der Waals surface area (Å²) in [6.07, 6.45) is 13.8. The molecule has 0 unspecified atom stereocenters. The van der Waals surface area contributed by atoms with Crippen molar-refractivity contribution in [3.8, 4) is 6.07 Å². The van der Waals surface area contributed by atoms with E-state index in [9.17, 15) is 15.2 Å². The number of carbonyl (C=O) groups is 1. The Morgan fingerprint density at radius 2 is 1.79 bits per heavy atom. The highest BCUT2D eigenvalue weighted by molar-refractivity contribution is 5.95. The number of allylic oxidation sites excluding steroid dienone is 4. The van der Waals surface area contributed by atoms with Crippen molar-refractivity contribution >= 4 is 5.78 Å². The van der Waals surface area contributed by atoms with Crippen molar-refractivity contribution < 1.29 is 9.90 Å². The summed E-state index contributed by atoms with van der Waals surface area (Å²) >= 11 is 0. The van der Waals surface area contributed by atoms with Gasteiger partial charge in [-0.25, -0.2) is 0 Å². The van der Waals surface area contributed by atoms with Crippen LogP contribution in [0.3, 0.4) is 0 Å². The highest BCUT2D eigenvalue weighted by atomic mass is 16.3. The topological polar surface area (TPSA) is 91.8 Å². The Morgan fingerprint density at radius 3 is 2.46 bits per heavy atom. The fourth-order valence-corrected chi connectivity index (χ4v) is 10.9. The van der Waals surface area contributed by atoms with Gasteiger partial charge in [-0.05, 0) is 96.4 Å². The first-order valence-electron chi connectivity index (χ1n) is 15.1. The fraction of sp³-hybridized carbons (Fsp3) is 0.758. The predicted molar refractivity (Wildman–Crippen MR) is 150 cm³/mol. The van der Waals surface area contributed by atoms with E-state index in [1.54, 1.807) is 6.20 Å². The quantitative estimate of drug-likeness (QED) is 0.436. The molecule has 1 N–H and O–H groups in total. The standard InChI is InChI=1S/C33H46N4O2/c1-28(2)10-12-33(20-37-15-14-35-36-37)13-11-32(7)26(22(33)18-28)23(38)16-25-30(5)17-21(19-34)27(39)29(3,4)24(30)8-9-31(25,32)6/h14-16,22,24,26,39H,8-13,17-18,20H2,1-7H3/t22-,24-,26-,30-,31+,32+,33+/m0/s1. The van der Waals surface area contributed by atoms with Gasteiger partial charge >= 0.3 is 0 Å². The molecule has 6 rings (SSSR count). The molecule has 1 heterocycles. The second-order valence-corrected chi connectivity index (χ2v) is 16.0. The van der Waals surface area contributed by atoms with Gasteiger partial charge in [0.05, 0.1) is 17.8 Å². The van der Waals surface area contributed by atoms with Crippen molar-refractivity contribution in [3.05, 3.63) is 35.4 Å².